The number of anilines is 1. The van der Waals surface area contributed by atoms with Gasteiger partial charge in [0.05, 0.1) is 10.6 Å². The van der Waals surface area contributed by atoms with Crippen LogP contribution in [0.4, 0.5) is 11.4 Å². The summed E-state index contributed by atoms with van der Waals surface area (Å²) in [5, 5.41) is 10.8. The molecule has 0 aliphatic carbocycles. The molecule has 1 aromatic carbocycles. The third kappa shape index (κ3) is 2.47. The first-order valence-corrected chi connectivity index (χ1v) is 6.71. The van der Waals surface area contributed by atoms with E-state index in [1.165, 1.54) is 28.8 Å². The van der Waals surface area contributed by atoms with Gasteiger partial charge in [0.1, 0.15) is 9.34 Å². The number of thioether (sulfide) groups is 1. The SMILES string of the molecule is O=C1CCSC(=S)N1c1ccc(Cl)c([N+](=O)[O-])c1. The Kier molecular flexibility index (Phi) is 3.84. The van der Waals surface area contributed by atoms with Gasteiger partial charge in [0.2, 0.25) is 5.91 Å². The van der Waals surface area contributed by atoms with Crippen LogP contribution >= 0.6 is 35.6 Å². The fourth-order valence-corrected chi connectivity index (χ4v) is 2.96. The highest BCUT2D eigenvalue weighted by Gasteiger charge is 2.27. The molecular formula is C10H7ClN2O3S2. The molecule has 0 N–H and O–H groups in total. The maximum atomic E-state index is 11.8. The molecule has 1 heterocycles. The van der Waals surface area contributed by atoms with Crippen LogP contribution in [0.3, 0.4) is 0 Å². The third-order valence-corrected chi connectivity index (χ3v) is 4.05. The Morgan fingerprint density at radius 1 is 1.50 bits per heavy atom. The molecule has 1 amide bonds. The van der Waals surface area contributed by atoms with E-state index in [1.807, 2.05) is 0 Å². The molecule has 1 aliphatic rings. The van der Waals surface area contributed by atoms with Crippen molar-refractivity contribution in [2.45, 2.75) is 6.42 Å². The van der Waals surface area contributed by atoms with E-state index in [1.54, 1.807) is 6.07 Å². The van der Waals surface area contributed by atoms with Crippen molar-refractivity contribution >= 4 is 57.2 Å². The van der Waals surface area contributed by atoms with Gasteiger partial charge in [-0.25, -0.2) is 0 Å². The lowest BCUT2D eigenvalue weighted by Crippen LogP contribution is -2.37. The molecule has 0 bridgehead atoms. The highest BCUT2D eigenvalue weighted by Crippen LogP contribution is 2.32. The van der Waals surface area contributed by atoms with Crippen LogP contribution in [-0.2, 0) is 4.79 Å². The first-order valence-electron chi connectivity index (χ1n) is 4.94. The van der Waals surface area contributed by atoms with Crippen LogP contribution in [0.15, 0.2) is 18.2 Å². The Hall–Kier alpha value is -1.18. The van der Waals surface area contributed by atoms with Crippen molar-refractivity contribution in [2.75, 3.05) is 10.7 Å². The molecule has 5 nitrogen and oxygen atoms in total. The van der Waals surface area contributed by atoms with Crippen LogP contribution in [0, 0.1) is 10.1 Å². The lowest BCUT2D eigenvalue weighted by atomic mass is 10.2. The molecule has 18 heavy (non-hydrogen) atoms. The number of benzene rings is 1. The minimum Gasteiger partial charge on any atom is -0.274 e. The fraction of sp³-hybridized carbons (Fsp3) is 0.200. The van der Waals surface area contributed by atoms with Gasteiger partial charge in [0.15, 0.2) is 0 Å². The van der Waals surface area contributed by atoms with Crippen molar-refractivity contribution in [1.82, 2.24) is 0 Å². The average Bonchev–Trinajstić information content (AvgIpc) is 2.30. The summed E-state index contributed by atoms with van der Waals surface area (Å²) in [5.74, 6) is 0.486. The number of nitro groups is 1. The number of carbonyl (C=O) groups is 1. The minimum absolute atomic E-state index is 0.0341. The number of hydrogen-bond donors (Lipinski definition) is 0. The zero-order chi connectivity index (χ0) is 13.3. The monoisotopic (exact) mass is 302 g/mol. The first-order chi connectivity index (χ1) is 8.50. The summed E-state index contributed by atoms with van der Waals surface area (Å²) in [6.07, 6.45) is 0.362. The van der Waals surface area contributed by atoms with Crippen LogP contribution in [-0.4, -0.2) is 20.9 Å². The number of rotatable bonds is 2. The van der Waals surface area contributed by atoms with Crippen LogP contribution in [0.1, 0.15) is 6.42 Å². The third-order valence-electron chi connectivity index (χ3n) is 2.36. The summed E-state index contributed by atoms with van der Waals surface area (Å²) in [7, 11) is 0. The molecule has 1 fully saturated rings. The number of carbonyl (C=O) groups excluding carboxylic acids is 1. The maximum Gasteiger partial charge on any atom is 0.289 e. The van der Waals surface area contributed by atoms with Crippen LogP contribution < -0.4 is 4.90 Å². The molecule has 1 aromatic rings. The molecule has 0 saturated carbocycles. The summed E-state index contributed by atoms with van der Waals surface area (Å²) in [6, 6.07) is 4.20. The van der Waals surface area contributed by atoms with Crippen LogP contribution in [0.25, 0.3) is 0 Å². The van der Waals surface area contributed by atoms with Gasteiger partial charge < -0.3 is 0 Å². The molecule has 0 spiro atoms. The van der Waals surface area contributed by atoms with E-state index < -0.39 is 4.92 Å². The molecule has 1 aliphatic heterocycles. The number of thiocarbonyl (C=S) groups is 1. The predicted octanol–water partition coefficient (Wildman–Crippen LogP) is 3.00. The Labute approximate surface area is 117 Å². The first kappa shape index (κ1) is 13.3. The average molecular weight is 303 g/mol. The van der Waals surface area contributed by atoms with Gasteiger partial charge in [0.25, 0.3) is 5.69 Å². The molecule has 0 aromatic heterocycles. The molecule has 0 atom stereocenters. The van der Waals surface area contributed by atoms with E-state index in [2.05, 4.69) is 0 Å². The van der Waals surface area contributed by atoms with Crippen LogP contribution in [0.5, 0.6) is 0 Å². The van der Waals surface area contributed by atoms with Gasteiger partial charge in [-0.2, -0.15) is 0 Å². The second-order valence-electron chi connectivity index (χ2n) is 3.49. The second-order valence-corrected chi connectivity index (χ2v) is 5.62. The maximum absolute atomic E-state index is 11.8. The number of nitro benzene ring substituents is 1. The summed E-state index contributed by atoms with van der Waals surface area (Å²) in [4.78, 5) is 23.3. The Balaban J connectivity index is 2.44. The number of nitrogens with zero attached hydrogens (tertiary/aromatic N) is 2. The minimum atomic E-state index is -0.587. The summed E-state index contributed by atoms with van der Waals surface area (Å²) >= 11 is 12.2. The fourth-order valence-electron chi connectivity index (χ4n) is 1.53. The molecule has 2 rings (SSSR count). The van der Waals surface area contributed by atoms with Gasteiger partial charge >= 0.3 is 0 Å². The van der Waals surface area contributed by atoms with E-state index in [9.17, 15) is 14.9 Å². The molecule has 1 saturated heterocycles. The van der Waals surface area contributed by atoms with Crippen molar-refractivity contribution in [3.63, 3.8) is 0 Å². The number of amides is 1. The predicted molar refractivity (Wildman–Crippen MR) is 75.3 cm³/mol. The summed E-state index contributed by atoms with van der Waals surface area (Å²) < 4.78 is 0.405. The topological polar surface area (TPSA) is 63.5 Å². The molecular weight excluding hydrogens is 296 g/mol. The molecule has 94 valence electrons. The van der Waals surface area contributed by atoms with Gasteiger partial charge in [0, 0.05) is 18.2 Å². The second kappa shape index (κ2) is 5.21. The summed E-state index contributed by atoms with van der Waals surface area (Å²) in [6.45, 7) is 0. The largest absolute Gasteiger partial charge is 0.289 e. The van der Waals surface area contributed by atoms with Crippen molar-refractivity contribution < 1.29 is 9.72 Å². The van der Waals surface area contributed by atoms with Gasteiger partial charge in [-0.05, 0) is 12.1 Å². The van der Waals surface area contributed by atoms with E-state index in [-0.39, 0.29) is 16.6 Å². The Morgan fingerprint density at radius 2 is 2.22 bits per heavy atom. The molecule has 0 radical (unpaired) electrons. The zero-order valence-corrected chi connectivity index (χ0v) is 11.3. The molecule has 8 heteroatoms. The lowest BCUT2D eigenvalue weighted by Gasteiger charge is -2.26. The number of hydrogen-bond acceptors (Lipinski definition) is 5. The van der Waals surface area contributed by atoms with Gasteiger partial charge in [-0.15, -0.1) is 0 Å². The molecule has 0 unspecified atom stereocenters. The lowest BCUT2D eigenvalue weighted by molar-refractivity contribution is -0.384. The van der Waals surface area contributed by atoms with E-state index in [0.29, 0.717) is 22.2 Å². The van der Waals surface area contributed by atoms with Gasteiger partial charge in [-0.1, -0.05) is 35.6 Å². The van der Waals surface area contributed by atoms with Crippen molar-refractivity contribution in [3.05, 3.63) is 33.3 Å². The standard InChI is InChI=1S/C10H7ClN2O3S2/c11-7-2-1-6(5-8(7)13(15)16)12-9(14)3-4-18-10(12)17/h1-2,5H,3-4H2. The number of halogens is 1. The quantitative estimate of drug-likeness (QED) is 0.477. The van der Waals surface area contributed by atoms with Gasteiger partial charge in [-0.3, -0.25) is 19.8 Å². The van der Waals surface area contributed by atoms with Crippen molar-refractivity contribution in [2.24, 2.45) is 0 Å². The Bertz CT molecular complexity index is 534. The van der Waals surface area contributed by atoms with E-state index >= 15 is 0 Å². The smallest absolute Gasteiger partial charge is 0.274 e. The zero-order valence-electron chi connectivity index (χ0n) is 8.96. The van der Waals surface area contributed by atoms with Crippen molar-refractivity contribution in [3.8, 4) is 0 Å². The Morgan fingerprint density at radius 3 is 2.83 bits per heavy atom. The summed E-state index contributed by atoms with van der Waals surface area (Å²) in [5.41, 5.74) is 0.147. The highest BCUT2D eigenvalue weighted by molar-refractivity contribution is 8.23. The van der Waals surface area contributed by atoms with E-state index in [0.717, 1.165) is 0 Å². The van der Waals surface area contributed by atoms with Crippen LogP contribution in [0.2, 0.25) is 5.02 Å². The van der Waals surface area contributed by atoms with Crippen molar-refractivity contribution in [1.29, 1.82) is 0 Å². The van der Waals surface area contributed by atoms with E-state index in [4.69, 9.17) is 23.8 Å². The normalized spacial score (nSPS) is 15.9. The highest BCUT2D eigenvalue weighted by atomic mass is 35.5.